The van der Waals surface area contributed by atoms with Gasteiger partial charge >= 0.3 is 0 Å². The van der Waals surface area contributed by atoms with E-state index in [0.29, 0.717) is 12.2 Å². The SMILES string of the molecule is Cc1ccc(N2CC(C(=O)Nc3ccc(F)c(Cl)c3)CC2=O)cc1C. The monoisotopic (exact) mass is 360 g/mol. The van der Waals surface area contributed by atoms with Gasteiger partial charge in [0.1, 0.15) is 5.82 Å². The van der Waals surface area contributed by atoms with Crippen LogP contribution in [-0.4, -0.2) is 18.4 Å². The minimum absolute atomic E-state index is 0.0583. The summed E-state index contributed by atoms with van der Waals surface area (Å²) < 4.78 is 13.2. The number of hydrogen-bond acceptors (Lipinski definition) is 2. The zero-order valence-electron chi connectivity index (χ0n) is 14.0. The van der Waals surface area contributed by atoms with E-state index in [2.05, 4.69) is 5.32 Å². The van der Waals surface area contributed by atoms with Crippen molar-refractivity contribution in [1.82, 2.24) is 0 Å². The zero-order valence-corrected chi connectivity index (χ0v) is 14.7. The first-order valence-electron chi connectivity index (χ1n) is 7.98. The van der Waals surface area contributed by atoms with Crippen LogP contribution in [-0.2, 0) is 9.59 Å². The van der Waals surface area contributed by atoms with Crippen molar-refractivity contribution in [3.05, 3.63) is 58.4 Å². The van der Waals surface area contributed by atoms with Crippen LogP contribution in [0.2, 0.25) is 5.02 Å². The largest absolute Gasteiger partial charge is 0.326 e. The van der Waals surface area contributed by atoms with Crippen LogP contribution >= 0.6 is 11.6 Å². The Morgan fingerprint density at radius 2 is 1.96 bits per heavy atom. The lowest BCUT2D eigenvalue weighted by Gasteiger charge is -2.18. The van der Waals surface area contributed by atoms with Gasteiger partial charge in [0.2, 0.25) is 11.8 Å². The van der Waals surface area contributed by atoms with Crippen LogP contribution in [0.1, 0.15) is 17.5 Å². The molecule has 2 amide bonds. The predicted octanol–water partition coefficient (Wildman–Crippen LogP) is 4.09. The molecular weight excluding hydrogens is 343 g/mol. The van der Waals surface area contributed by atoms with E-state index in [0.717, 1.165) is 16.8 Å². The van der Waals surface area contributed by atoms with Crippen molar-refractivity contribution >= 4 is 34.8 Å². The maximum absolute atomic E-state index is 13.2. The summed E-state index contributed by atoms with van der Waals surface area (Å²) >= 11 is 5.72. The summed E-state index contributed by atoms with van der Waals surface area (Å²) in [6, 6.07) is 9.79. The number of anilines is 2. The lowest BCUT2D eigenvalue weighted by Crippen LogP contribution is -2.28. The number of carbonyl (C=O) groups is 2. The number of rotatable bonds is 3. The molecule has 0 radical (unpaired) electrons. The molecule has 0 spiro atoms. The smallest absolute Gasteiger partial charge is 0.229 e. The van der Waals surface area contributed by atoms with Crippen molar-refractivity contribution in [1.29, 1.82) is 0 Å². The van der Waals surface area contributed by atoms with E-state index in [1.807, 2.05) is 32.0 Å². The second-order valence-electron chi connectivity index (χ2n) is 6.29. The van der Waals surface area contributed by atoms with Crippen LogP contribution in [0.4, 0.5) is 15.8 Å². The molecular formula is C19H18ClFN2O2. The molecule has 1 saturated heterocycles. The number of amides is 2. The van der Waals surface area contributed by atoms with Crippen LogP contribution in [0.3, 0.4) is 0 Å². The topological polar surface area (TPSA) is 49.4 Å². The third-order valence-electron chi connectivity index (χ3n) is 4.49. The molecule has 0 aliphatic carbocycles. The molecule has 1 fully saturated rings. The Labute approximate surface area is 150 Å². The van der Waals surface area contributed by atoms with Crippen molar-refractivity contribution in [3.8, 4) is 0 Å². The zero-order chi connectivity index (χ0) is 18.1. The second kappa shape index (κ2) is 6.84. The number of nitrogens with one attached hydrogen (secondary N) is 1. The molecule has 1 aliphatic heterocycles. The lowest BCUT2D eigenvalue weighted by molar-refractivity contribution is -0.122. The van der Waals surface area contributed by atoms with Gasteiger partial charge in [0.15, 0.2) is 0 Å². The van der Waals surface area contributed by atoms with E-state index in [9.17, 15) is 14.0 Å². The van der Waals surface area contributed by atoms with E-state index in [1.54, 1.807) is 4.90 Å². The fourth-order valence-corrected chi connectivity index (χ4v) is 3.02. The molecule has 2 aromatic rings. The number of halogens is 2. The van der Waals surface area contributed by atoms with Gasteiger partial charge in [-0.3, -0.25) is 9.59 Å². The maximum atomic E-state index is 13.2. The van der Waals surface area contributed by atoms with Crippen LogP contribution < -0.4 is 10.2 Å². The van der Waals surface area contributed by atoms with Gasteiger partial charge in [-0.1, -0.05) is 17.7 Å². The highest BCUT2D eigenvalue weighted by molar-refractivity contribution is 6.31. The van der Waals surface area contributed by atoms with E-state index in [4.69, 9.17) is 11.6 Å². The molecule has 2 aromatic carbocycles. The van der Waals surface area contributed by atoms with Crippen molar-refractivity contribution in [3.63, 3.8) is 0 Å². The van der Waals surface area contributed by atoms with Crippen molar-refractivity contribution in [2.24, 2.45) is 5.92 Å². The average molecular weight is 361 g/mol. The van der Waals surface area contributed by atoms with Gasteiger partial charge < -0.3 is 10.2 Å². The summed E-state index contributed by atoms with van der Waals surface area (Å²) in [4.78, 5) is 26.4. The van der Waals surface area contributed by atoms with E-state index < -0.39 is 11.7 Å². The van der Waals surface area contributed by atoms with Crippen molar-refractivity contribution in [2.75, 3.05) is 16.8 Å². The van der Waals surface area contributed by atoms with Gasteiger partial charge in [0, 0.05) is 24.3 Å². The summed E-state index contributed by atoms with van der Waals surface area (Å²) in [6.07, 6.45) is 0.147. The van der Waals surface area contributed by atoms with Gasteiger partial charge in [-0.2, -0.15) is 0 Å². The standard InChI is InChI=1S/C19H18ClFN2O2/c1-11-3-5-15(7-12(11)2)23-10-13(8-18(23)24)19(25)22-14-4-6-17(21)16(20)9-14/h3-7,9,13H,8,10H2,1-2H3,(H,22,25). The Hall–Kier alpha value is -2.40. The minimum Gasteiger partial charge on any atom is -0.326 e. The Morgan fingerprint density at radius 1 is 1.20 bits per heavy atom. The summed E-state index contributed by atoms with van der Waals surface area (Å²) in [6.45, 7) is 4.32. The Kier molecular flexibility index (Phi) is 4.77. The molecule has 1 N–H and O–H groups in total. The molecule has 0 saturated carbocycles. The summed E-state index contributed by atoms with van der Waals surface area (Å²) in [5.41, 5.74) is 3.46. The first-order chi connectivity index (χ1) is 11.8. The van der Waals surface area contributed by atoms with Gasteiger partial charge in [-0.25, -0.2) is 4.39 Å². The van der Waals surface area contributed by atoms with E-state index >= 15 is 0 Å². The van der Waals surface area contributed by atoms with Crippen LogP contribution in [0.5, 0.6) is 0 Å². The Balaban J connectivity index is 1.71. The number of hydrogen-bond donors (Lipinski definition) is 1. The molecule has 1 aliphatic rings. The summed E-state index contributed by atoms with van der Waals surface area (Å²) in [5.74, 6) is -1.36. The first kappa shape index (κ1) is 17.4. The molecule has 6 heteroatoms. The van der Waals surface area contributed by atoms with Crippen LogP contribution in [0.15, 0.2) is 36.4 Å². The third kappa shape index (κ3) is 3.66. The molecule has 0 bridgehead atoms. The normalized spacial score (nSPS) is 17.0. The predicted molar refractivity (Wildman–Crippen MR) is 96.4 cm³/mol. The highest BCUT2D eigenvalue weighted by atomic mass is 35.5. The van der Waals surface area contributed by atoms with Crippen LogP contribution in [0, 0.1) is 25.6 Å². The number of nitrogens with zero attached hydrogens (tertiary/aromatic N) is 1. The van der Waals surface area contributed by atoms with E-state index in [-0.39, 0.29) is 23.3 Å². The molecule has 1 atom stereocenters. The minimum atomic E-state index is -0.545. The average Bonchev–Trinajstić information content (AvgIpc) is 2.95. The quantitative estimate of drug-likeness (QED) is 0.896. The highest BCUT2D eigenvalue weighted by Gasteiger charge is 2.35. The fourth-order valence-electron chi connectivity index (χ4n) is 2.84. The number of aryl methyl sites for hydroxylation is 2. The summed E-state index contributed by atoms with van der Waals surface area (Å²) in [7, 11) is 0. The maximum Gasteiger partial charge on any atom is 0.229 e. The number of benzene rings is 2. The third-order valence-corrected chi connectivity index (χ3v) is 4.77. The summed E-state index contributed by atoms with van der Waals surface area (Å²) in [5, 5.41) is 2.64. The first-order valence-corrected chi connectivity index (χ1v) is 8.36. The molecule has 1 unspecified atom stereocenters. The Bertz CT molecular complexity index is 853. The molecule has 4 nitrogen and oxygen atoms in total. The van der Waals surface area contributed by atoms with Gasteiger partial charge in [-0.15, -0.1) is 0 Å². The number of carbonyl (C=O) groups excluding carboxylic acids is 2. The molecule has 25 heavy (non-hydrogen) atoms. The molecule has 130 valence electrons. The highest BCUT2D eigenvalue weighted by Crippen LogP contribution is 2.28. The van der Waals surface area contributed by atoms with E-state index in [1.165, 1.54) is 18.2 Å². The van der Waals surface area contributed by atoms with Crippen molar-refractivity contribution < 1.29 is 14.0 Å². The fraction of sp³-hybridized carbons (Fsp3) is 0.263. The second-order valence-corrected chi connectivity index (χ2v) is 6.70. The van der Waals surface area contributed by atoms with Gasteiger partial charge in [-0.05, 0) is 55.3 Å². The Morgan fingerprint density at radius 3 is 2.64 bits per heavy atom. The van der Waals surface area contributed by atoms with Crippen molar-refractivity contribution in [2.45, 2.75) is 20.3 Å². The van der Waals surface area contributed by atoms with Gasteiger partial charge in [0.05, 0.1) is 10.9 Å². The molecule has 0 aromatic heterocycles. The molecule has 1 heterocycles. The van der Waals surface area contributed by atoms with Gasteiger partial charge in [0.25, 0.3) is 0 Å². The molecule has 3 rings (SSSR count). The lowest BCUT2D eigenvalue weighted by atomic mass is 10.1. The van der Waals surface area contributed by atoms with Crippen LogP contribution in [0.25, 0.3) is 0 Å².